The molecule has 0 amide bonds. The number of nitriles is 1. The second-order valence-electron chi connectivity index (χ2n) is 2.50. The minimum atomic E-state index is -0.751. The van der Waals surface area contributed by atoms with Crippen LogP contribution in [0.5, 0.6) is 0 Å². The first-order chi connectivity index (χ1) is 6.97. The Kier molecular flexibility index (Phi) is 3.60. The van der Waals surface area contributed by atoms with E-state index in [0.29, 0.717) is 0 Å². The number of carbonyl (C=O) groups excluding carboxylic acids is 1. The lowest BCUT2D eigenvalue weighted by Gasteiger charge is -2.00. The number of nitro benzene ring substituents is 1. The van der Waals surface area contributed by atoms with Gasteiger partial charge in [0.2, 0.25) is 0 Å². The molecule has 0 spiro atoms. The highest BCUT2D eigenvalue weighted by atomic mass is 127. The Bertz CT molecular complexity index is 495. The van der Waals surface area contributed by atoms with E-state index in [4.69, 9.17) is 16.9 Å². The average molecular weight is 336 g/mol. The fourth-order valence-electron chi connectivity index (χ4n) is 0.983. The molecule has 0 bridgehead atoms. The number of halogens is 2. The normalized spacial score (nSPS) is 9.40. The number of nitrogens with zero attached hydrogens (tertiary/aromatic N) is 2. The summed E-state index contributed by atoms with van der Waals surface area (Å²) in [5.74, 6) is 0. The first-order valence-electron chi connectivity index (χ1n) is 3.55. The van der Waals surface area contributed by atoms with Crippen molar-refractivity contribution < 1.29 is 9.72 Å². The molecule has 0 aromatic heterocycles. The van der Waals surface area contributed by atoms with E-state index in [1.165, 1.54) is 6.07 Å². The number of carbonyl (C=O) groups is 1. The first-order valence-corrected chi connectivity index (χ1v) is 5.01. The van der Waals surface area contributed by atoms with E-state index in [1.807, 2.05) is 0 Å². The molecule has 0 fully saturated rings. The highest BCUT2D eigenvalue weighted by Crippen LogP contribution is 2.27. The predicted octanol–water partition coefficient (Wildman–Crippen LogP) is 2.45. The van der Waals surface area contributed by atoms with Crippen LogP contribution in [-0.2, 0) is 0 Å². The first kappa shape index (κ1) is 11.9. The molecule has 0 unspecified atom stereocenters. The summed E-state index contributed by atoms with van der Waals surface area (Å²) in [6, 6.07) is 4.04. The Morgan fingerprint density at radius 1 is 1.60 bits per heavy atom. The molecule has 5 nitrogen and oxygen atoms in total. The van der Waals surface area contributed by atoms with Crippen molar-refractivity contribution in [3.63, 3.8) is 0 Å². The molecule has 1 aromatic carbocycles. The van der Waals surface area contributed by atoms with E-state index < -0.39 is 10.2 Å². The van der Waals surface area contributed by atoms with E-state index in [9.17, 15) is 14.9 Å². The van der Waals surface area contributed by atoms with Crippen molar-refractivity contribution in [3.05, 3.63) is 36.9 Å². The van der Waals surface area contributed by atoms with Crippen LogP contribution in [0.25, 0.3) is 0 Å². The SMILES string of the molecule is N#Cc1cc(C(=O)Cl)cc(I)c1[N+](=O)[O-]. The monoisotopic (exact) mass is 336 g/mol. The van der Waals surface area contributed by atoms with Crippen LogP contribution in [0.1, 0.15) is 15.9 Å². The van der Waals surface area contributed by atoms with Gasteiger partial charge in [-0.15, -0.1) is 0 Å². The maximum absolute atomic E-state index is 10.8. The average Bonchev–Trinajstić information content (AvgIpc) is 2.15. The molecule has 0 heterocycles. The van der Waals surface area contributed by atoms with Crippen molar-refractivity contribution in [2.45, 2.75) is 0 Å². The molecule has 0 saturated heterocycles. The van der Waals surface area contributed by atoms with Crippen LogP contribution in [-0.4, -0.2) is 10.2 Å². The summed E-state index contributed by atoms with van der Waals surface area (Å²) in [5.41, 5.74) is -0.404. The lowest BCUT2D eigenvalue weighted by Crippen LogP contribution is -1.99. The zero-order valence-corrected chi connectivity index (χ0v) is 9.94. The van der Waals surface area contributed by atoms with Crippen LogP contribution in [0, 0.1) is 25.0 Å². The lowest BCUT2D eigenvalue weighted by molar-refractivity contribution is -0.386. The Balaban J connectivity index is 3.53. The van der Waals surface area contributed by atoms with E-state index in [-0.39, 0.29) is 20.4 Å². The van der Waals surface area contributed by atoms with Crippen molar-refractivity contribution in [1.29, 1.82) is 5.26 Å². The molecule has 0 aliphatic rings. The fraction of sp³-hybridized carbons (Fsp3) is 0. The van der Waals surface area contributed by atoms with Gasteiger partial charge in [-0.05, 0) is 46.3 Å². The molecule has 0 atom stereocenters. The smallest absolute Gasteiger partial charge is 0.276 e. The number of rotatable bonds is 2. The minimum absolute atomic E-state index is 0.0724. The van der Waals surface area contributed by atoms with Crippen LogP contribution in [0.4, 0.5) is 5.69 Å². The minimum Gasteiger partial charge on any atom is -0.276 e. The molecule has 1 aromatic rings. The Labute approximate surface area is 103 Å². The molecule has 15 heavy (non-hydrogen) atoms. The van der Waals surface area contributed by atoms with Crippen LogP contribution in [0.2, 0.25) is 0 Å². The van der Waals surface area contributed by atoms with E-state index in [0.717, 1.165) is 6.07 Å². The van der Waals surface area contributed by atoms with Gasteiger partial charge in [0.1, 0.15) is 11.6 Å². The van der Waals surface area contributed by atoms with Crippen molar-refractivity contribution >= 4 is 45.1 Å². The molecule has 7 heteroatoms. The van der Waals surface area contributed by atoms with Gasteiger partial charge in [-0.25, -0.2) is 0 Å². The zero-order valence-electron chi connectivity index (χ0n) is 7.03. The summed E-state index contributed by atoms with van der Waals surface area (Å²) >= 11 is 6.89. The van der Waals surface area contributed by atoms with E-state index in [1.54, 1.807) is 28.7 Å². The maximum atomic E-state index is 10.8. The Morgan fingerprint density at radius 2 is 2.20 bits per heavy atom. The van der Waals surface area contributed by atoms with Crippen molar-refractivity contribution in [1.82, 2.24) is 0 Å². The zero-order chi connectivity index (χ0) is 11.6. The van der Waals surface area contributed by atoms with Gasteiger partial charge >= 0.3 is 0 Å². The molecular weight excluding hydrogens is 334 g/mol. The van der Waals surface area contributed by atoms with Crippen LogP contribution >= 0.6 is 34.2 Å². The summed E-state index contributed by atoms with van der Waals surface area (Å²) in [6.07, 6.45) is 0. The largest absolute Gasteiger partial charge is 0.300 e. The Hall–Kier alpha value is -1.20. The summed E-state index contributed by atoms with van der Waals surface area (Å²) in [7, 11) is 0. The van der Waals surface area contributed by atoms with Crippen molar-refractivity contribution in [2.75, 3.05) is 0 Å². The van der Waals surface area contributed by atoms with Gasteiger partial charge in [-0.3, -0.25) is 14.9 Å². The van der Waals surface area contributed by atoms with Crippen molar-refractivity contribution in [2.24, 2.45) is 0 Å². The predicted molar refractivity (Wildman–Crippen MR) is 60.7 cm³/mol. The summed E-state index contributed by atoms with van der Waals surface area (Å²) < 4.78 is 0.209. The van der Waals surface area contributed by atoms with E-state index >= 15 is 0 Å². The van der Waals surface area contributed by atoms with Crippen LogP contribution in [0.3, 0.4) is 0 Å². The third kappa shape index (κ3) is 2.43. The highest BCUT2D eigenvalue weighted by molar-refractivity contribution is 14.1. The molecule has 0 N–H and O–H groups in total. The standard InChI is InChI=1S/C8H2ClIN2O3/c9-8(13)4-1-5(3-11)7(12(14)15)6(10)2-4/h1-2H. The quantitative estimate of drug-likeness (QED) is 0.359. The molecule has 0 aliphatic carbocycles. The number of nitro groups is 1. The molecule has 76 valence electrons. The molecule has 0 saturated carbocycles. The number of hydrogen-bond acceptors (Lipinski definition) is 4. The summed E-state index contributed by atoms with van der Waals surface area (Å²) in [4.78, 5) is 20.8. The van der Waals surface area contributed by atoms with E-state index in [2.05, 4.69) is 0 Å². The van der Waals surface area contributed by atoms with Gasteiger partial charge in [-0.1, -0.05) is 0 Å². The van der Waals surface area contributed by atoms with Gasteiger partial charge in [0, 0.05) is 5.56 Å². The topological polar surface area (TPSA) is 84.0 Å². The molecular formula is C8H2ClIN2O3. The van der Waals surface area contributed by atoms with Gasteiger partial charge < -0.3 is 0 Å². The molecule has 0 radical (unpaired) electrons. The summed E-state index contributed by atoms with van der Waals surface area (Å²) in [6.45, 7) is 0. The molecule has 0 aliphatic heterocycles. The number of hydrogen-bond donors (Lipinski definition) is 0. The van der Waals surface area contributed by atoms with Gasteiger partial charge in [0.15, 0.2) is 0 Å². The van der Waals surface area contributed by atoms with Gasteiger partial charge in [-0.2, -0.15) is 5.26 Å². The fourth-order valence-corrected chi connectivity index (χ4v) is 1.92. The van der Waals surface area contributed by atoms with Gasteiger partial charge in [0.05, 0.1) is 8.49 Å². The van der Waals surface area contributed by atoms with Crippen LogP contribution in [0.15, 0.2) is 12.1 Å². The van der Waals surface area contributed by atoms with Crippen LogP contribution < -0.4 is 0 Å². The maximum Gasteiger partial charge on any atom is 0.300 e. The second-order valence-corrected chi connectivity index (χ2v) is 4.00. The van der Waals surface area contributed by atoms with Crippen molar-refractivity contribution in [3.8, 4) is 6.07 Å². The highest BCUT2D eigenvalue weighted by Gasteiger charge is 2.21. The summed E-state index contributed by atoms with van der Waals surface area (Å²) in [5, 5.41) is 18.5. The van der Waals surface area contributed by atoms with Gasteiger partial charge in [0.25, 0.3) is 10.9 Å². The number of benzene rings is 1. The third-order valence-electron chi connectivity index (χ3n) is 1.59. The molecule has 1 rings (SSSR count). The Morgan fingerprint density at radius 3 is 2.60 bits per heavy atom. The second kappa shape index (κ2) is 4.55. The lowest BCUT2D eigenvalue weighted by atomic mass is 10.1. The third-order valence-corrected chi connectivity index (χ3v) is 2.63.